The summed E-state index contributed by atoms with van der Waals surface area (Å²) in [6, 6.07) is 14.6. The largest absolute Gasteiger partial charge is 0.416 e. The summed E-state index contributed by atoms with van der Waals surface area (Å²) in [4.78, 5) is 28.4. The third-order valence-electron chi connectivity index (χ3n) is 6.84. The predicted molar refractivity (Wildman–Crippen MR) is 161 cm³/mol. The Morgan fingerprint density at radius 1 is 0.907 bits per heavy atom. The number of nitrogens with one attached hydrogen (secondary N) is 1. The molecule has 0 radical (unpaired) electrons. The van der Waals surface area contributed by atoms with Gasteiger partial charge in [-0.2, -0.15) is 13.2 Å². The van der Waals surface area contributed by atoms with Gasteiger partial charge in [0, 0.05) is 17.6 Å². The highest BCUT2D eigenvalue weighted by Gasteiger charge is 2.37. The van der Waals surface area contributed by atoms with Gasteiger partial charge in [-0.1, -0.05) is 73.4 Å². The molecule has 0 aliphatic carbocycles. The third-order valence-corrected chi connectivity index (χ3v) is 9.30. The third kappa shape index (κ3) is 8.43. The lowest BCUT2D eigenvalue weighted by atomic mass is 10.1. The molecule has 43 heavy (non-hydrogen) atoms. The number of rotatable bonds is 12. The second-order valence-electron chi connectivity index (χ2n) is 9.84. The van der Waals surface area contributed by atoms with E-state index < -0.39 is 51.9 Å². The number of hydrogen-bond donors (Lipinski definition) is 1. The van der Waals surface area contributed by atoms with Crippen LogP contribution in [0.1, 0.15) is 44.7 Å². The molecule has 0 aromatic heterocycles. The van der Waals surface area contributed by atoms with Crippen molar-refractivity contribution in [3.05, 3.63) is 94.0 Å². The van der Waals surface area contributed by atoms with Gasteiger partial charge in [0.15, 0.2) is 0 Å². The minimum atomic E-state index is -4.82. The zero-order valence-electron chi connectivity index (χ0n) is 23.7. The van der Waals surface area contributed by atoms with E-state index in [-0.39, 0.29) is 28.9 Å². The molecule has 232 valence electrons. The molecule has 0 fully saturated rings. The van der Waals surface area contributed by atoms with Crippen LogP contribution in [0.5, 0.6) is 0 Å². The van der Waals surface area contributed by atoms with E-state index >= 15 is 0 Å². The van der Waals surface area contributed by atoms with Crippen LogP contribution in [-0.2, 0) is 32.3 Å². The normalized spacial score (nSPS) is 13.2. The topological polar surface area (TPSA) is 86.8 Å². The van der Waals surface area contributed by atoms with Crippen molar-refractivity contribution < 1.29 is 31.2 Å². The molecular weight excluding hydrogens is 626 g/mol. The van der Waals surface area contributed by atoms with Gasteiger partial charge in [0.05, 0.1) is 21.2 Å². The zero-order valence-corrected chi connectivity index (χ0v) is 26.1. The fraction of sp³-hybridized carbons (Fsp3) is 0.333. The Labute approximate surface area is 259 Å². The number of benzene rings is 3. The summed E-state index contributed by atoms with van der Waals surface area (Å²) in [7, 11) is -4.62. The average Bonchev–Trinajstić information content (AvgIpc) is 2.96. The number of sulfonamides is 1. The maximum Gasteiger partial charge on any atom is 0.416 e. The number of hydrogen-bond acceptors (Lipinski definition) is 4. The van der Waals surface area contributed by atoms with Gasteiger partial charge in [-0.25, -0.2) is 8.42 Å². The first-order valence-corrected chi connectivity index (χ1v) is 15.7. The Balaban J connectivity index is 2.16. The van der Waals surface area contributed by atoms with Gasteiger partial charge in [0.1, 0.15) is 12.6 Å². The molecule has 3 aromatic rings. The standard InChI is InChI=1S/C30H32Cl2F3N3O4S/c1-4-20(3)36-29(40)26(5-2)37(18-21-11-9-10-14-24(21)31)28(39)19-38(43(41,42)23-12-7-6-8-13-23)27-17-22(30(33,34)35)15-16-25(27)32/h6-17,20,26H,4-5,18-19H2,1-3H3,(H,36,40). The molecule has 1 N–H and O–H groups in total. The molecule has 0 spiro atoms. The lowest BCUT2D eigenvalue weighted by Gasteiger charge is -2.34. The SMILES string of the molecule is CCC(C)NC(=O)C(CC)N(Cc1ccccc1Cl)C(=O)CN(c1cc(C(F)(F)F)ccc1Cl)S(=O)(=O)c1ccccc1. The van der Waals surface area contributed by atoms with Crippen LogP contribution in [0.3, 0.4) is 0 Å². The van der Waals surface area contributed by atoms with Gasteiger partial charge in [0.25, 0.3) is 10.0 Å². The molecule has 0 heterocycles. The lowest BCUT2D eigenvalue weighted by Crippen LogP contribution is -2.53. The van der Waals surface area contributed by atoms with Crippen LogP contribution in [0.4, 0.5) is 18.9 Å². The number of halogens is 5. The van der Waals surface area contributed by atoms with Crippen molar-refractivity contribution in [1.82, 2.24) is 10.2 Å². The van der Waals surface area contributed by atoms with E-state index in [1.54, 1.807) is 44.2 Å². The van der Waals surface area contributed by atoms with Crippen LogP contribution in [0.2, 0.25) is 10.0 Å². The molecule has 13 heteroatoms. The predicted octanol–water partition coefficient (Wildman–Crippen LogP) is 6.93. The summed E-state index contributed by atoms with van der Waals surface area (Å²) >= 11 is 12.7. The van der Waals surface area contributed by atoms with E-state index in [1.807, 2.05) is 6.92 Å². The van der Waals surface area contributed by atoms with Gasteiger partial charge in [0.2, 0.25) is 11.8 Å². The Morgan fingerprint density at radius 2 is 1.53 bits per heavy atom. The monoisotopic (exact) mass is 657 g/mol. The van der Waals surface area contributed by atoms with Crippen molar-refractivity contribution in [3.8, 4) is 0 Å². The molecule has 0 saturated heterocycles. The number of amides is 2. The lowest BCUT2D eigenvalue weighted by molar-refractivity contribution is -0.140. The molecule has 0 aliphatic rings. The van der Waals surface area contributed by atoms with Crippen molar-refractivity contribution in [2.24, 2.45) is 0 Å². The summed E-state index contributed by atoms with van der Waals surface area (Å²) in [6.45, 7) is 4.25. The quantitative estimate of drug-likeness (QED) is 0.229. The molecule has 7 nitrogen and oxygen atoms in total. The van der Waals surface area contributed by atoms with E-state index in [9.17, 15) is 31.2 Å². The second-order valence-corrected chi connectivity index (χ2v) is 12.5. The van der Waals surface area contributed by atoms with Gasteiger partial charge < -0.3 is 10.2 Å². The van der Waals surface area contributed by atoms with Crippen LogP contribution in [0.25, 0.3) is 0 Å². The fourth-order valence-electron chi connectivity index (χ4n) is 4.28. The summed E-state index contributed by atoms with van der Waals surface area (Å²) in [5.41, 5.74) is -1.20. The number of nitrogens with zero attached hydrogens (tertiary/aromatic N) is 2. The van der Waals surface area contributed by atoms with Crippen LogP contribution >= 0.6 is 23.2 Å². The fourth-order valence-corrected chi connectivity index (χ4v) is 6.20. The molecule has 0 aliphatic heterocycles. The summed E-state index contributed by atoms with van der Waals surface area (Å²) in [5.74, 6) is -1.31. The van der Waals surface area contributed by atoms with E-state index in [4.69, 9.17) is 23.2 Å². The average molecular weight is 659 g/mol. The van der Waals surface area contributed by atoms with Crippen molar-refractivity contribution in [3.63, 3.8) is 0 Å². The van der Waals surface area contributed by atoms with E-state index in [1.165, 1.54) is 29.2 Å². The minimum absolute atomic E-state index is 0.161. The first-order valence-electron chi connectivity index (χ1n) is 13.5. The van der Waals surface area contributed by atoms with Gasteiger partial charge in [-0.3, -0.25) is 13.9 Å². The van der Waals surface area contributed by atoms with E-state index in [2.05, 4.69) is 5.32 Å². The van der Waals surface area contributed by atoms with E-state index in [0.29, 0.717) is 27.4 Å². The molecular formula is C30H32Cl2F3N3O4S. The highest BCUT2D eigenvalue weighted by molar-refractivity contribution is 7.92. The molecule has 3 aromatic carbocycles. The number of anilines is 1. The second kappa shape index (κ2) is 14.5. The molecule has 2 amide bonds. The van der Waals surface area contributed by atoms with Gasteiger partial charge in [-0.05, 0) is 61.7 Å². The van der Waals surface area contributed by atoms with Crippen LogP contribution < -0.4 is 9.62 Å². The maximum absolute atomic E-state index is 14.1. The Hall–Kier alpha value is -3.28. The van der Waals surface area contributed by atoms with Crippen molar-refractivity contribution in [2.75, 3.05) is 10.8 Å². The molecule has 0 saturated carbocycles. The smallest absolute Gasteiger partial charge is 0.352 e. The van der Waals surface area contributed by atoms with Crippen molar-refractivity contribution >= 4 is 50.7 Å². The van der Waals surface area contributed by atoms with Crippen molar-refractivity contribution in [1.29, 1.82) is 0 Å². The summed E-state index contributed by atoms with van der Waals surface area (Å²) < 4.78 is 69.4. The highest BCUT2D eigenvalue weighted by atomic mass is 35.5. The zero-order chi connectivity index (χ0) is 31.9. The van der Waals surface area contributed by atoms with E-state index in [0.717, 1.165) is 12.1 Å². The Kier molecular flexibility index (Phi) is 11.5. The first kappa shape index (κ1) is 34.2. The highest BCUT2D eigenvalue weighted by Crippen LogP contribution is 2.37. The first-order chi connectivity index (χ1) is 20.2. The molecule has 2 unspecified atom stereocenters. The van der Waals surface area contributed by atoms with Gasteiger partial charge >= 0.3 is 6.18 Å². The molecule has 2 atom stereocenters. The van der Waals surface area contributed by atoms with Crippen LogP contribution in [0.15, 0.2) is 77.7 Å². The number of carbonyl (C=O) groups is 2. The van der Waals surface area contributed by atoms with Crippen molar-refractivity contribution in [2.45, 2.75) is 63.3 Å². The number of alkyl halides is 3. The van der Waals surface area contributed by atoms with Crippen LogP contribution in [0, 0.1) is 0 Å². The minimum Gasteiger partial charge on any atom is -0.352 e. The Morgan fingerprint density at radius 3 is 2.12 bits per heavy atom. The number of carbonyl (C=O) groups excluding carboxylic acids is 2. The molecule has 3 rings (SSSR count). The molecule has 0 bridgehead atoms. The van der Waals surface area contributed by atoms with Crippen LogP contribution in [-0.4, -0.2) is 43.8 Å². The maximum atomic E-state index is 14.1. The summed E-state index contributed by atoms with van der Waals surface area (Å²) in [5, 5.41) is 2.84. The van der Waals surface area contributed by atoms with Gasteiger partial charge in [-0.15, -0.1) is 0 Å². The Bertz CT molecular complexity index is 1540. The summed E-state index contributed by atoms with van der Waals surface area (Å²) in [6.07, 6.45) is -4.03.